The number of hydrogen-bond donors (Lipinski definition) is 1. The van der Waals surface area contributed by atoms with E-state index < -0.39 is 5.97 Å². The minimum atomic E-state index is -0.611. The van der Waals surface area contributed by atoms with Crippen LogP contribution in [-0.4, -0.2) is 47.8 Å². The van der Waals surface area contributed by atoms with Gasteiger partial charge in [0.15, 0.2) is 0 Å². The summed E-state index contributed by atoms with van der Waals surface area (Å²) in [5.74, 6) is -0.108. The van der Waals surface area contributed by atoms with Crippen molar-refractivity contribution in [2.45, 2.75) is 70.4 Å². The van der Waals surface area contributed by atoms with Gasteiger partial charge in [-0.3, -0.25) is 9.69 Å². The van der Waals surface area contributed by atoms with E-state index in [1.165, 1.54) is 12.8 Å². The van der Waals surface area contributed by atoms with Crippen molar-refractivity contribution in [3.63, 3.8) is 0 Å². The zero-order chi connectivity index (χ0) is 15.5. The number of piperidine rings is 1. The minimum absolute atomic E-state index is 0.112. The SMILES string of the molecule is CCCC1CCC(C(=O)O)C(N2CCCC(C)(OC)C2)C1. The van der Waals surface area contributed by atoms with Crippen molar-refractivity contribution in [2.75, 3.05) is 20.2 Å². The predicted octanol–water partition coefficient (Wildman–Crippen LogP) is 3.16. The molecule has 0 radical (unpaired) electrons. The number of ether oxygens (including phenoxy) is 1. The lowest BCUT2D eigenvalue weighted by Crippen LogP contribution is -2.55. The van der Waals surface area contributed by atoms with Crippen LogP contribution < -0.4 is 0 Å². The maximum atomic E-state index is 11.6. The summed E-state index contributed by atoms with van der Waals surface area (Å²) in [6, 6.07) is 0.197. The Labute approximate surface area is 128 Å². The highest BCUT2D eigenvalue weighted by Crippen LogP contribution is 2.37. The summed E-state index contributed by atoms with van der Waals surface area (Å²) in [7, 11) is 1.78. The fourth-order valence-corrected chi connectivity index (χ4v) is 4.29. The molecule has 1 aliphatic carbocycles. The summed E-state index contributed by atoms with van der Waals surface area (Å²) < 4.78 is 5.68. The summed E-state index contributed by atoms with van der Waals surface area (Å²) in [5, 5.41) is 9.58. The maximum Gasteiger partial charge on any atom is 0.308 e. The highest BCUT2D eigenvalue weighted by Gasteiger charge is 2.42. The highest BCUT2D eigenvalue weighted by atomic mass is 16.5. The van der Waals surface area contributed by atoms with Crippen molar-refractivity contribution < 1.29 is 14.6 Å². The maximum absolute atomic E-state index is 11.6. The van der Waals surface area contributed by atoms with Gasteiger partial charge in [0.2, 0.25) is 0 Å². The fourth-order valence-electron chi connectivity index (χ4n) is 4.29. The van der Waals surface area contributed by atoms with Crippen molar-refractivity contribution >= 4 is 5.97 Å². The monoisotopic (exact) mass is 297 g/mol. The van der Waals surface area contributed by atoms with E-state index in [1.807, 2.05) is 0 Å². The summed E-state index contributed by atoms with van der Waals surface area (Å²) in [6.07, 6.45) is 7.57. The predicted molar refractivity (Wildman–Crippen MR) is 83.4 cm³/mol. The van der Waals surface area contributed by atoms with Crippen LogP contribution in [0.5, 0.6) is 0 Å². The highest BCUT2D eigenvalue weighted by molar-refractivity contribution is 5.71. The molecule has 4 unspecified atom stereocenters. The molecule has 122 valence electrons. The summed E-state index contributed by atoms with van der Waals surface area (Å²) in [6.45, 7) is 6.27. The van der Waals surface area contributed by atoms with Crippen molar-refractivity contribution in [2.24, 2.45) is 11.8 Å². The Morgan fingerprint density at radius 1 is 1.43 bits per heavy atom. The van der Waals surface area contributed by atoms with Crippen LogP contribution in [0.3, 0.4) is 0 Å². The topological polar surface area (TPSA) is 49.8 Å². The molecular weight excluding hydrogens is 266 g/mol. The van der Waals surface area contributed by atoms with Gasteiger partial charge < -0.3 is 9.84 Å². The first-order valence-electron chi connectivity index (χ1n) is 8.51. The lowest BCUT2D eigenvalue weighted by Gasteiger charge is -2.47. The van der Waals surface area contributed by atoms with Gasteiger partial charge in [-0.1, -0.05) is 19.8 Å². The Morgan fingerprint density at radius 2 is 2.19 bits per heavy atom. The van der Waals surface area contributed by atoms with E-state index >= 15 is 0 Å². The molecule has 4 nitrogen and oxygen atoms in total. The zero-order valence-electron chi connectivity index (χ0n) is 13.8. The van der Waals surface area contributed by atoms with Crippen LogP contribution in [0.1, 0.15) is 58.8 Å². The van der Waals surface area contributed by atoms with E-state index in [-0.39, 0.29) is 17.6 Å². The molecule has 2 rings (SSSR count). The number of carboxylic acids is 1. The van der Waals surface area contributed by atoms with E-state index in [0.29, 0.717) is 5.92 Å². The van der Waals surface area contributed by atoms with E-state index in [1.54, 1.807) is 7.11 Å². The molecular formula is C17H31NO3. The standard InChI is InChI=1S/C17H31NO3/c1-4-6-13-7-8-14(16(19)20)15(11-13)18-10-5-9-17(2,12-18)21-3/h13-15H,4-12H2,1-3H3,(H,19,20). The molecule has 0 bridgehead atoms. The first-order chi connectivity index (χ1) is 9.99. The second kappa shape index (κ2) is 7.10. The molecule has 2 fully saturated rings. The second-order valence-electron chi connectivity index (χ2n) is 7.21. The Morgan fingerprint density at radius 3 is 2.81 bits per heavy atom. The van der Waals surface area contributed by atoms with Gasteiger partial charge >= 0.3 is 5.97 Å². The van der Waals surface area contributed by atoms with Crippen LogP contribution in [0, 0.1) is 11.8 Å². The lowest BCUT2D eigenvalue weighted by atomic mass is 9.75. The minimum Gasteiger partial charge on any atom is -0.481 e. The normalized spacial score (nSPS) is 38.3. The average Bonchev–Trinajstić information content (AvgIpc) is 2.47. The van der Waals surface area contributed by atoms with Gasteiger partial charge in [-0.2, -0.15) is 0 Å². The van der Waals surface area contributed by atoms with Crippen molar-refractivity contribution in [1.82, 2.24) is 4.90 Å². The van der Waals surface area contributed by atoms with Gasteiger partial charge in [0, 0.05) is 19.7 Å². The second-order valence-corrected chi connectivity index (χ2v) is 7.21. The van der Waals surface area contributed by atoms with E-state index in [0.717, 1.165) is 45.2 Å². The number of nitrogens with zero attached hydrogens (tertiary/aromatic N) is 1. The van der Waals surface area contributed by atoms with Crippen molar-refractivity contribution in [3.05, 3.63) is 0 Å². The van der Waals surface area contributed by atoms with Gasteiger partial charge in [0.25, 0.3) is 0 Å². The number of carboxylic acid groups (broad SMARTS) is 1. The van der Waals surface area contributed by atoms with E-state index in [4.69, 9.17) is 4.74 Å². The van der Waals surface area contributed by atoms with Crippen LogP contribution in [-0.2, 0) is 9.53 Å². The van der Waals surface area contributed by atoms with Gasteiger partial charge in [-0.05, 0) is 51.5 Å². The third kappa shape index (κ3) is 3.98. The number of hydrogen-bond acceptors (Lipinski definition) is 3. The van der Waals surface area contributed by atoms with Crippen molar-refractivity contribution in [1.29, 1.82) is 0 Å². The smallest absolute Gasteiger partial charge is 0.308 e. The fraction of sp³-hybridized carbons (Fsp3) is 0.941. The number of likely N-dealkylation sites (tertiary alicyclic amines) is 1. The Kier molecular flexibility index (Phi) is 5.67. The third-order valence-electron chi connectivity index (χ3n) is 5.59. The van der Waals surface area contributed by atoms with Gasteiger partial charge in [-0.25, -0.2) is 0 Å². The molecule has 0 aromatic carbocycles. The molecule has 4 heteroatoms. The molecule has 21 heavy (non-hydrogen) atoms. The van der Waals surface area contributed by atoms with Crippen LogP contribution in [0.2, 0.25) is 0 Å². The largest absolute Gasteiger partial charge is 0.481 e. The molecule has 1 saturated carbocycles. The summed E-state index contributed by atoms with van der Waals surface area (Å²) in [4.78, 5) is 14.1. The number of carbonyl (C=O) groups is 1. The lowest BCUT2D eigenvalue weighted by molar-refractivity contribution is -0.148. The molecule has 1 heterocycles. The summed E-state index contributed by atoms with van der Waals surface area (Å²) in [5.41, 5.74) is -0.112. The zero-order valence-corrected chi connectivity index (χ0v) is 13.8. The Hall–Kier alpha value is -0.610. The van der Waals surface area contributed by atoms with Gasteiger partial charge in [0.05, 0.1) is 11.5 Å². The molecule has 1 saturated heterocycles. The van der Waals surface area contributed by atoms with Gasteiger partial charge in [0.1, 0.15) is 0 Å². The summed E-state index contributed by atoms with van der Waals surface area (Å²) >= 11 is 0. The molecule has 1 aliphatic heterocycles. The van der Waals surface area contributed by atoms with Crippen LogP contribution in [0.15, 0.2) is 0 Å². The first-order valence-corrected chi connectivity index (χ1v) is 8.51. The van der Waals surface area contributed by atoms with Gasteiger partial charge in [-0.15, -0.1) is 0 Å². The number of rotatable bonds is 5. The molecule has 1 N–H and O–H groups in total. The molecule has 0 aromatic heterocycles. The molecule has 4 atom stereocenters. The molecule has 0 aromatic rings. The third-order valence-corrected chi connectivity index (χ3v) is 5.59. The van der Waals surface area contributed by atoms with E-state index in [2.05, 4.69) is 18.7 Å². The van der Waals surface area contributed by atoms with Crippen molar-refractivity contribution in [3.8, 4) is 0 Å². The number of aliphatic carboxylic acids is 1. The Bertz CT molecular complexity index is 360. The Balaban J connectivity index is 2.09. The first kappa shape index (κ1) is 16.8. The molecule has 0 amide bonds. The molecule has 0 spiro atoms. The van der Waals surface area contributed by atoms with Crippen LogP contribution in [0.4, 0.5) is 0 Å². The van der Waals surface area contributed by atoms with Crippen LogP contribution in [0.25, 0.3) is 0 Å². The quantitative estimate of drug-likeness (QED) is 0.847. The van der Waals surface area contributed by atoms with Crippen LogP contribution >= 0.6 is 0 Å². The average molecular weight is 297 g/mol. The molecule has 2 aliphatic rings. The number of methoxy groups -OCH3 is 1. The van der Waals surface area contributed by atoms with E-state index in [9.17, 15) is 9.90 Å².